The van der Waals surface area contributed by atoms with E-state index in [4.69, 9.17) is 0 Å². The Hall–Kier alpha value is -1.39. The van der Waals surface area contributed by atoms with Gasteiger partial charge in [-0.15, -0.1) is 11.3 Å². The van der Waals surface area contributed by atoms with Crippen molar-refractivity contribution < 1.29 is 0 Å². The Kier molecular flexibility index (Phi) is 4.66. The molecule has 1 aliphatic heterocycles. The highest BCUT2D eigenvalue weighted by molar-refractivity contribution is 7.07. The number of nitrogens with one attached hydrogen (secondary N) is 1. The first-order valence-electron chi connectivity index (χ1n) is 7.33. The van der Waals surface area contributed by atoms with Crippen molar-refractivity contribution >= 4 is 17.0 Å². The zero-order valence-electron chi connectivity index (χ0n) is 11.7. The topological polar surface area (TPSA) is 28.2 Å². The molecular weight excluding hydrogens is 266 g/mol. The third-order valence-electron chi connectivity index (χ3n) is 3.78. The predicted molar refractivity (Wildman–Crippen MR) is 85.2 cm³/mol. The molecule has 2 aromatic rings. The Bertz CT molecular complexity index is 501. The van der Waals surface area contributed by atoms with Crippen LogP contribution in [0.15, 0.2) is 35.2 Å². The summed E-state index contributed by atoms with van der Waals surface area (Å²) in [6.45, 7) is 4.16. The molecule has 20 heavy (non-hydrogen) atoms. The SMILES string of the molecule is c1nc(CNCc2ccc(N3CCCCC3)cc2)cs1. The van der Waals surface area contributed by atoms with Gasteiger partial charge in [-0.1, -0.05) is 12.1 Å². The molecule has 0 atom stereocenters. The average molecular weight is 287 g/mol. The molecule has 1 aromatic heterocycles. The molecule has 0 amide bonds. The third-order valence-corrected chi connectivity index (χ3v) is 4.41. The summed E-state index contributed by atoms with van der Waals surface area (Å²) >= 11 is 1.65. The van der Waals surface area contributed by atoms with Crippen molar-refractivity contribution in [3.05, 3.63) is 46.4 Å². The first-order chi connectivity index (χ1) is 9.92. The highest BCUT2D eigenvalue weighted by atomic mass is 32.1. The third kappa shape index (κ3) is 3.58. The van der Waals surface area contributed by atoms with Crippen LogP contribution in [-0.4, -0.2) is 18.1 Å². The molecule has 106 valence electrons. The van der Waals surface area contributed by atoms with Gasteiger partial charge < -0.3 is 10.2 Å². The maximum absolute atomic E-state index is 4.27. The number of nitrogens with zero attached hydrogens (tertiary/aromatic N) is 2. The van der Waals surface area contributed by atoms with Crippen molar-refractivity contribution in [1.29, 1.82) is 0 Å². The number of benzene rings is 1. The van der Waals surface area contributed by atoms with Crippen molar-refractivity contribution in [2.24, 2.45) is 0 Å². The molecular formula is C16H21N3S. The van der Waals surface area contributed by atoms with E-state index in [0.29, 0.717) is 0 Å². The molecule has 0 aliphatic carbocycles. The number of aromatic nitrogens is 1. The summed E-state index contributed by atoms with van der Waals surface area (Å²) in [4.78, 5) is 6.77. The Balaban J connectivity index is 1.50. The summed E-state index contributed by atoms with van der Waals surface area (Å²) in [6.07, 6.45) is 4.04. The summed E-state index contributed by atoms with van der Waals surface area (Å²) in [7, 11) is 0. The van der Waals surface area contributed by atoms with Crippen molar-refractivity contribution in [2.45, 2.75) is 32.4 Å². The monoisotopic (exact) mass is 287 g/mol. The lowest BCUT2D eigenvalue weighted by Gasteiger charge is -2.28. The van der Waals surface area contributed by atoms with E-state index in [0.717, 1.165) is 18.8 Å². The molecule has 1 aromatic carbocycles. The van der Waals surface area contributed by atoms with Gasteiger partial charge in [-0.2, -0.15) is 0 Å². The van der Waals surface area contributed by atoms with Crippen LogP contribution in [0.3, 0.4) is 0 Å². The lowest BCUT2D eigenvalue weighted by molar-refractivity contribution is 0.578. The van der Waals surface area contributed by atoms with Crippen LogP contribution in [0.25, 0.3) is 0 Å². The summed E-state index contributed by atoms with van der Waals surface area (Å²) in [6, 6.07) is 8.98. The summed E-state index contributed by atoms with van der Waals surface area (Å²) in [5.74, 6) is 0. The molecule has 2 heterocycles. The van der Waals surface area contributed by atoms with E-state index in [1.54, 1.807) is 11.3 Å². The lowest BCUT2D eigenvalue weighted by Crippen LogP contribution is -2.29. The maximum Gasteiger partial charge on any atom is 0.0795 e. The molecule has 1 fully saturated rings. The summed E-state index contributed by atoms with van der Waals surface area (Å²) < 4.78 is 0. The van der Waals surface area contributed by atoms with Gasteiger partial charge in [0.1, 0.15) is 0 Å². The Morgan fingerprint density at radius 1 is 1.05 bits per heavy atom. The lowest BCUT2D eigenvalue weighted by atomic mass is 10.1. The fraction of sp³-hybridized carbons (Fsp3) is 0.438. The van der Waals surface area contributed by atoms with Crippen LogP contribution in [0.5, 0.6) is 0 Å². The molecule has 0 saturated carbocycles. The Morgan fingerprint density at radius 2 is 1.85 bits per heavy atom. The van der Waals surface area contributed by atoms with E-state index in [9.17, 15) is 0 Å². The first kappa shape index (κ1) is 13.6. The molecule has 1 aliphatic rings. The van der Waals surface area contributed by atoms with E-state index in [1.165, 1.54) is 43.6 Å². The van der Waals surface area contributed by atoms with E-state index in [2.05, 4.69) is 44.8 Å². The number of anilines is 1. The number of hydrogen-bond acceptors (Lipinski definition) is 4. The summed E-state index contributed by atoms with van der Waals surface area (Å²) in [5, 5.41) is 5.52. The smallest absolute Gasteiger partial charge is 0.0795 e. The number of thiazole rings is 1. The van der Waals surface area contributed by atoms with Gasteiger partial charge in [0.05, 0.1) is 11.2 Å². The van der Waals surface area contributed by atoms with Crippen LogP contribution < -0.4 is 10.2 Å². The van der Waals surface area contributed by atoms with Gasteiger partial charge in [-0.05, 0) is 37.0 Å². The first-order valence-corrected chi connectivity index (χ1v) is 8.28. The minimum atomic E-state index is 0.845. The van der Waals surface area contributed by atoms with E-state index < -0.39 is 0 Å². The van der Waals surface area contributed by atoms with Crippen molar-refractivity contribution in [1.82, 2.24) is 10.3 Å². The van der Waals surface area contributed by atoms with Crippen molar-refractivity contribution in [3.63, 3.8) is 0 Å². The molecule has 0 radical (unpaired) electrons. The second-order valence-corrected chi connectivity index (χ2v) is 6.02. The van der Waals surface area contributed by atoms with Gasteiger partial charge in [0, 0.05) is 37.2 Å². The van der Waals surface area contributed by atoms with Crippen LogP contribution in [0.2, 0.25) is 0 Å². The van der Waals surface area contributed by atoms with Gasteiger partial charge in [-0.3, -0.25) is 0 Å². The number of piperidine rings is 1. The van der Waals surface area contributed by atoms with Crippen LogP contribution in [-0.2, 0) is 13.1 Å². The van der Waals surface area contributed by atoms with Gasteiger partial charge in [0.15, 0.2) is 0 Å². The van der Waals surface area contributed by atoms with Crippen LogP contribution in [0.1, 0.15) is 30.5 Å². The largest absolute Gasteiger partial charge is 0.372 e. The van der Waals surface area contributed by atoms with Crippen LogP contribution >= 0.6 is 11.3 Å². The molecule has 4 heteroatoms. The predicted octanol–water partition coefficient (Wildman–Crippen LogP) is 3.42. The Morgan fingerprint density at radius 3 is 2.55 bits per heavy atom. The van der Waals surface area contributed by atoms with Crippen molar-refractivity contribution in [3.8, 4) is 0 Å². The fourth-order valence-electron chi connectivity index (χ4n) is 2.64. The molecule has 0 spiro atoms. The normalized spacial score (nSPS) is 15.5. The minimum Gasteiger partial charge on any atom is -0.372 e. The minimum absolute atomic E-state index is 0.845. The average Bonchev–Trinajstić information content (AvgIpc) is 3.02. The van der Waals surface area contributed by atoms with Gasteiger partial charge in [-0.25, -0.2) is 4.98 Å². The van der Waals surface area contributed by atoms with Crippen LogP contribution in [0, 0.1) is 0 Å². The zero-order chi connectivity index (χ0) is 13.6. The van der Waals surface area contributed by atoms with Gasteiger partial charge in [0.25, 0.3) is 0 Å². The maximum atomic E-state index is 4.27. The van der Waals surface area contributed by atoms with Crippen LogP contribution in [0.4, 0.5) is 5.69 Å². The van der Waals surface area contributed by atoms with Crippen molar-refractivity contribution in [2.75, 3.05) is 18.0 Å². The molecule has 1 N–H and O–H groups in total. The van der Waals surface area contributed by atoms with E-state index in [-0.39, 0.29) is 0 Å². The second-order valence-electron chi connectivity index (χ2n) is 5.30. The molecule has 1 saturated heterocycles. The second kappa shape index (κ2) is 6.86. The fourth-order valence-corrected chi connectivity index (χ4v) is 3.19. The zero-order valence-corrected chi connectivity index (χ0v) is 12.5. The highest BCUT2D eigenvalue weighted by Crippen LogP contribution is 2.20. The quantitative estimate of drug-likeness (QED) is 0.913. The molecule has 3 rings (SSSR count). The molecule has 0 unspecified atom stereocenters. The number of rotatable bonds is 5. The van der Waals surface area contributed by atoms with E-state index >= 15 is 0 Å². The Labute approximate surface area is 124 Å². The van der Waals surface area contributed by atoms with Gasteiger partial charge in [0.2, 0.25) is 0 Å². The highest BCUT2D eigenvalue weighted by Gasteiger charge is 2.10. The molecule has 0 bridgehead atoms. The summed E-state index contributed by atoms with van der Waals surface area (Å²) in [5.41, 5.74) is 5.71. The number of hydrogen-bond donors (Lipinski definition) is 1. The van der Waals surface area contributed by atoms with E-state index in [1.807, 2.05) is 5.51 Å². The standard InChI is InChI=1S/C16H21N3S/c1-2-8-19(9-3-1)16-6-4-14(5-7-16)10-17-11-15-12-20-13-18-15/h4-7,12-13,17H,1-3,8-11H2. The molecule has 3 nitrogen and oxygen atoms in total. The van der Waals surface area contributed by atoms with Gasteiger partial charge >= 0.3 is 0 Å².